The first-order valence-electron chi connectivity index (χ1n) is 9.97. The minimum Gasteiger partial charge on any atom is -0.457 e. The average Bonchev–Trinajstić information content (AvgIpc) is 3.28. The molecule has 2 amide bonds. The second kappa shape index (κ2) is 9.26. The molecular formula is C23H23N3O4. The summed E-state index contributed by atoms with van der Waals surface area (Å²) in [6.45, 7) is 1.07. The van der Waals surface area contributed by atoms with Gasteiger partial charge in [0.25, 0.3) is 0 Å². The number of rotatable bonds is 5. The van der Waals surface area contributed by atoms with Crippen molar-refractivity contribution in [2.75, 3.05) is 18.4 Å². The first-order chi connectivity index (χ1) is 14.7. The second-order valence-corrected chi connectivity index (χ2v) is 7.21. The quantitative estimate of drug-likeness (QED) is 0.639. The first kappa shape index (κ1) is 19.7. The van der Waals surface area contributed by atoms with Gasteiger partial charge in [-0.1, -0.05) is 53.7 Å². The lowest BCUT2D eigenvalue weighted by Crippen LogP contribution is -2.42. The zero-order chi connectivity index (χ0) is 20.8. The summed E-state index contributed by atoms with van der Waals surface area (Å²) < 4.78 is 10.7. The number of hydrogen-bond donors (Lipinski definition) is 1. The Hall–Kier alpha value is -3.61. The highest BCUT2D eigenvalue weighted by Crippen LogP contribution is 2.22. The molecule has 7 nitrogen and oxygen atoms in total. The molecule has 4 rings (SSSR count). The Bertz CT molecular complexity index is 980. The largest absolute Gasteiger partial charge is 0.457 e. The summed E-state index contributed by atoms with van der Waals surface area (Å²) in [5.74, 6) is 0.0138. The normalized spacial score (nSPS) is 14.3. The number of anilines is 1. The van der Waals surface area contributed by atoms with Crippen molar-refractivity contribution in [3.63, 3.8) is 0 Å². The number of piperidine rings is 1. The fourth-order valence-electron chi connectivity index (χ4n) is 3.43. The van der Waals surface area contributed by atoms with Crippen LogP contribution < -0.4 is 5.32 Å². The Morgan fingerprint density at radius 3 is 2.40 bits per heavy atom. The van der Waals surface area contributed by atoms with E-state index in [1.165, 1.54) is 0 Å². The minimum atomic E-state index is -0.268. The van der Waals surface area contributed by atoms with Crippen LogP contribution in [0.4, 0.5) is 10.5 Å². The molecule has 0 saturated carbocycles. The molecule has 0 radical (unpaired) electrons. The van der Waals surface area contributed by atoms with Crippen LogP contribution >= 0.6 is 0 Å². The van der Waals surface area contributed by atoms with Crippen LogP contribution in [0.2, 0.25) is 0 Å². The van der Waals surface area contributed by atoms with E-state index in [4.69, 9.17) is 9.26 Å². The molecule has 0 aliphatic carbocycles. The zero-order valence-corrected chi connectivity index (χ0v) is 16.5. The van der Waals surface area contributed by atoms with Crippen LogP contribution in [0.1, 0.15) is 18.6 Å². The van der Waals surface area contributed by atoms with E-state index < -0.39 is 0 Å². The molecule has 0 atom stereocenters. The summed E-state index contributed by atoms with van der Waals surface area (Å²) in [7, 11) is 0. The lowest BCUT2D eigenvalue weighted by atomic mass is 9.97. The number of carbonyl (C=O) groups excluding carboxylic acids is 2. The fourth-order valence-corrected chi connectivity index (χ4v) is 3.43. The van der Waals surface area contributed by atoms with Crippen molar-refractivity contribution in [3.8, 4) is 11.3 Å². The SMILES string of the molecule is O=C(OCc1cc(-c2ccccc2)no1)C1CCN(C(=O)Nc2ccccc2)CC1. The topological polar surface area (TPSA) is 84.7 Å². The van der Waals surface area contributed by atoms with E-state index >= 15 is 0 Å². The number of para-hydroxylation sites is 1. The molecule has 1 saturated heterocycles. The van der Waals surface area contributed by atoms with Crippen molar-refractivity contribution in [2.24, 2.45) is 5.92 Å². The maximum absolute atomic E-state index is 12.4. The summed E-state index contributed by atoms with van der Waals surface area (Å²) >= 11 is 0. The highest BCUT2D eigenvalue weighted by molar-refractivity contribution is 5.89. The number of aromatic nitrogens is 1. The Balaban J connectivity index is 1.23. The lowest BCUT2D eigenvalue weighted by Gasteiger charge is -2.30. The smallest absolute Gasteiger partial charge is 0.321 e. The molecule has 1 N–H and O–H groups in total. The maximum atomic E-state index is 12.4. The molecule has 154 valence electrons. The van der Waals surface area contributed by atoms with Crippen molar-refractivity contribution in [3.05, 3.63) is 72.5 Å². The number of benzene rings is 2. The molecule has 0 spiro atoms. The van der Waals surface area contributed by atoms with Crippen LogP contribution in [-0.2, 0) is 16.1 Å². The van der Waals surface area contributed by atoms with E-state index in [0.717, 1.165) is 11.3 Å². The summed E-state index contributed by atoms with van der Waals surface area (Å²) in [6, 6.07) is 20.6. The van der Waals surface area contributed by atoms with E-state index in [1.807, 2.05) is 60.7 Å². The van der Waals surface area contributed by atoms with Gasteiger partial charge in [0.1, 0.15) is 5.69 Å². The number of hydrogen-bond acceptors (Lipinski definition) is 5. The van der Waals surface area contributed by atoms with Gasteiger partial charge in [-0.15, -0.1) is 0 Å². The van der Waals surface area contributed by atoms with Crippen molar-refractivity contribution in [2.45, 2.75) is 19.4 Å². The predicted octanol–water partition coefficient (Wildman–Crippen LogP) is 4.33. The second-order valence-electron chi connectivity index (χ2n) is 7.21. The van der Waals surface area contributed by atoms with Crippen LogP contribution in [0.3, 0.4) is 0 Å². The Morgan fingerprint density at radius 2 is 1.70 bits per heavy atom. The minimum absolute atomic E-state index is 0.0490. The van der Waals surface area contributed by atoms with Gasteiger partial charge in [-0.05, 0) is 25.0 Å². The third kappa shape index (κ3) is 4.86. The maximum Gasteiger partial charge on any atom is 0.321 e. The van der Waals surface area contributed by atoms with E-state index in [-0.39, 0.29) is 24.5 Å². The van der Waals surface area contributed by atoms with Crippen LogP contribution in [0.5, 0.6) is 0 Å². The lowest BCUT2D eigenvalue weighted by molar-refractivity contribution is -0.152. The highest BCUT2D eigenvalue weighted by Gasteiger charge is 2.28. The first-order valence-corrected chi connectivity index (χ1v) is 9.97. The van der Waals surface area contributed by atoms with Crippen molar-refractivity contribution in [1.82, 2.24) is 10.1 Å². The highest BCUT2D eigenvalue weighted by atomic mass is 16.5. The number of amides is 2. The van der Waals surface area contributed by atoms with Gasteiger partial charge in [0, 0.05) is 30.4 Å². The number of carbonyl (C=O) groups is 2. The molecule has 1 fully saturated rings. The Kier molecular flexibility index (Phi) is 6.08. The standard InChI is InChI=1S/C23H23N3O4/c27-22(29-16-20-15-21(25-30-20)17-7-3-1-4-8-17)18-11-13-26(14-12-18)23(28)24-19-9-5-2-6-10-19/h1-10,15,18H,11-14,16H2,(H,24,28). The van der Waals surface area contributed by atoms with Crippen LogP contribution in [0, 0.1) is 5.92 Å². The molecule has 2 aromatic carbocycles. The third-order valence-corrected chi connectivity index (χ3v) is 5.13. The van der Waals surface area contributed by atoms with Crippen molar-refractivity contribution in [1.29, 1.82) is 0 Å². The van der Waals surface area contributed by atoms with Crippen molar-refractivity contribution < 1.29 is 18.8 Å². The van der Waals surface area contributed by atoms with Gasteiger partial charge in [-0.25, -0.2) is 4.79 Å². The number of nitrogens with zero attached hydrogens (tertiary/aromatic N) is 2. The number of esters is 1. The molecule has 0 unspecified atom stereocenters. The van der Waals surface area contributed by atoms with E-state index in [0.29, 0.717) is 37.4 Å². The van der Waals surface area contributed by atoms with Gasteiger partial charge in [0.2, 0.25) is 0 Å². The summed E-state index contributed by atoms with van der Waals surface area (Å²) in [4.78, 5) is 26.5. The van der Waals surface area contributed by atoms with Gasteiger partial charge in [0.15, 0.2) is 12.4 Å². The number of urea groups is 1. The fraction of sp³-hybridized carbons (Fsp3) is 0.261. The van der Waals surface area contributed by atoms with E-state index in [9.17, 15) is 9.59 Å². The molecule has 0 bridgehead atoms. The molecular weight excluding hydrogens is 382 g/mol. The van der Waals surface area contributed by atoms with Crippen LogP contribution in [0.25, 0.3) is 11.3 Å². The molecule has 30 heavy (non-hydrogen) atoms. The van der Waals surface area contributed by atoms with E-state index in [1.54, 1.807) is 11.0 Å². The van der Waals surface area contributed by atoms with E-state index in [2.05, 4.69) is 10.5 Å². The Labute approximate surface area is 174 Å². The molecule has 2 heterocycles. The number of likely N-dealkylation sites (tertiary alicyclic amines) is 1. The molecule has 1 aliphatic heterocycles. The monoisotopic (exact) mass is 405 g/mol. The predicted molar refractivity (Wildman–Crippen MR) is 111 cm³/mol. The molecule has 1 aromatic heterocycles. The summed E-state index contributed by atoms with van der Waals surface area (Å²) in [5, 5.41) is 6.89. The summed E-state index contributed by atoms with van der Waals surface area (Å²) in [5.41, 5.74) is 2.41. The van der Waals surface area contributed by atoms with Crippen LogP contribution in [0.15, 0.2) is 71.3 Å². The Morgan fingerprint density at radius 1 is 1.03 bits per heavy atom. The van der Waals surface area contributed by atoms with Crippen molar-refractivity contribution >= 4 is 17.7 Å². The van der Waals surface area contributed by atoms with Crippen LogP contribution in [-0.4, -0.2) is 35.1 Å². The van der Waals surface area contributed by atoms with Gasteiger partial charge in [-0.2, -0.15) is 0 Å². The molecule has 1 aliphatic rings. The van der Waals surface area contributed by atoms with Gasteiger partial charge in [0.05, 0.1) is 5.92 Å². The molecule has 7 heteroatoms. The third-order valence-electron chi connectivity index (χ3n) is 5.13. The zero-order valence-electron chi connectivity index (χ0n) is 16.5. The number of ether oxygens (including phenoxy) is 1. The van der Waals surface area contributed by atoms with Gasteiger partial charge >= 0.3 is 12.0 Å². The average molecular weight is 405 g/mol. The summed E-state index contributed by atoms with van der Waals surface area (Å²) in [6.07, 6.45) is 1.15. The van der Waals surface area contributed by atoms with Gasteiger partial charge < -0.3 is 19.5 Å². The van der Waals surface area contributed by atoms with Gasteiger partial charge in [-0.3, -0.25) is 4.79 Å². The molecule has 3 aromatic rings. The number of nitrogens with one attached hydrogen (secondary N) is 1.